The Kier molecular flexibility index (Phi) is 5.58. The molecule has 0 radical (unpaired) electrons. The Labute approximate surface area is 112 Å². The van der Waals surface area contributed by atoms with E-state index in [9.17, 15) is 8.42 Å². The first-order chi connectivity index (χ1) is 8.24. The van der Waals surface area contributed by atoms with E-state index in [1.165, 1.54) is 0 Å². The number of nitrogens with zero attached hydrogens (tertiary/aromatic N) is 1. The van der Waals surface area contributed by atoms with E-state index in [-0.39, 0.29) is 0 Å². The molecule has 0 spiro atoms. The summed E-state index contributed by atoms with van der Waals surface area (Å²) in [6.07, 6.45) is 1.89. The van der Waals surface area contributed by atoms with E-state index in [4.69, 9.17) is 0 Å². The van der Waals surface area contributed by atoms with Crippen LogP contribution in [0.25, 0.3) is 0 Å². The van der Waals surface area contributed by atoms with Crippen LogP contribution in [0.2, 0.25) is 0 Å². The minimum Gasteiger partial charge on any atom is -0.317 e. The van der Waals surface area contributed by atoms with Gasteiger partial charge in [0.1, 0.15) is 0 Å². The average molecular weight is 277 g/mol. The van der Waals surface area contributed by atoms with Crippen molar-refractivity contribution in [3.05, 3.63) is 0 Å². The third kappa shape index (κ3) is 5.22. The maximum Gasteiger partial charge on any atom is 0.279 e. The van der Waals surface area contributed by atoms with Crippen LogP contribution >= 0.6 is 0 Å². The summed E-state index contributed by atoms with van der Waals surface area (Å²) in [6, 6.07) is 0. The summed E-state index contributed by atoms with van der Waals surface area (Å²) in [6.45, 7) is 10.9. The van der Waals surface area contributed by atoms with Crippen LogP contribution in [0.1, 0.15) is 40.5 Å². The summed E-state index contributed by atoms with van der Waals surface area (Å²) >= 11 is 0. The van der Waals surface area contributed by atoms with Gasteiger partial charge in [0.2, 0.25) is 0 Å². The van der Waals surface area contributed by atoms with Crippen molar-refractivity contribution in [2.24, 2.45) is 5.92 Å². The molecule has 0 aliphatic carbocycles. The zero-order valence-electron chi connectivity index (χ0n) is 12.0. The lowest BCUT2D eigenvalue weighted by molar-refractivity contribution is 0.263. The van der Waals surface area contributed by atoms with Gasteiger partial charge in [0.15, 0.2) is 0 Å². The van der Waals surface area contributed by atoms with Crippen molar-refractivity contribution in [2.75, 3.05) is 26.2 Å². The normalized spacial score (nSPS) is 20.2. The molecule has 0 bridgehead atoms. The van der Waals surface area contributed by atoms with E-state index in [0.717, 1.165) is 25.9 Å². The topological polar surface area (TPSA) is 61.4 Å². The molecule has 1 fully saturated rings. The van der Waals surface area contributed by atoms with Crippen molar-refractivity contribution >= 4 is 10.2 Å². The fraction of sp³-hybridized carbons (Fsp3) is 1.00. The Balaban J connectivity index is 2.47. The molecule has 0 unspecified atom stereocenters. The van der Waals surface area contributed by atoms with Crippen molar-refractivity contribution in [2.45, 2.75) is 46.1 Å². The smallest absolute Gasteiger partial charge is 0.279 e. The van der Waals surface area contributed by atoms with Crippen LogP contribution < -0.4 is 10.0 Å². The minimum atomic E-state index is -3.32. The van der Waals surface area contributed by atoms with Crippen molar-refractivity contribution < 1.29 is 8.42 Å². The first-order valence-electron chi connectivity index (χ1n) is 6.74. The molecular weight excluding hydrogens is 250 g/mol. The van der Waals surface area contributed by atoms with Crippen LogP contribution in [0.5, 0.6) is 0 Å². The molecule has 108 valence electrons. The van der Waals surface area contributed by atoms with Gasteiger partial charge in [0.25, 0.3) is 10.2 Å². The molecule has 0 saturated carbocycles. The summed E-state index contributed by atoms with van der Waals surface area (Å²) < 4.78 is 28.5. The van der Waals surface area contributed by atoms with E-state index >= 15 is 0 Å². The van der Waals surface area contributed by atoms with Gasteiger partial charge in [-0.05, 0) is 52.6 Å². The maximum atomic E-state index is 12.1. The molecule has 0 atom stereocenters. The highest BCUT2D eigenvalue weighted by Crippen LogP contribution is 2.19. The Morgan fingerprint density at radius 1 is 1.22 bits per heavy atom. The van der Waals surface area contributed by atoms with Gasteiger partial charge in [0.05, 0.1) is 0 Å². The van der Waals surface area contributed by atoms with Crippen LogP contribution in [0.4, 0.5) is 0 Å². The summed E-state index contributed by atoms with van der Waals surface area (Å²) in [5.41, 5.74) is -0.417. The summed E-state index contributed by atoms with van der Waals surface area (Å²) in [7, 11) is -3.32. The number of hydrogen-bond donors (Lipinski definition) is 2. The van der Waals surface area contributed by atoms with Gasteiger partial charge >= 0.3 is 0 Å². The van der Waals surface area contributed by atoms with Gasteiger partial charge in [-0.15, -0.1) is 0 Å². The average Bonchev–Trinajstić information content (AvgIpc) is 2.23. The van der Waals surface area contributed by atoms with Crippen molar-refractivity contribution in [1.29, 1.82) is 0 Å². The lowest BCUT2D eigenvalue weighted by atomic mass is 9.98. The van der Waals surface area contributed by atoms with Crippen LogP contribution in [-0.4, -0.2) is 44.4 Å². The summed E-state index contributed by atoms with van der Waals surface area (Å²) in [5, 5.41) is 3.33. The predicted octanol–water partition coefficient (Wildman–Crippen LogP) is 0.941. The van der Waals surface area contributed by atoms with E-state index in [2.05, 4.69) is 17.0 Å². The van der Waals surface area contributed by atoms with E-state index in [1.54, 1.807) is 4.31 Å². The molecule has 1 heterocycles. The van der Waals surface area contributed by atoms with Gasteiger partial charge in [-0.3, -0.25) is 0 Å². The molecule has 6 heteroatoms. The molecule has 1 rings (SSSR count). The molecule has 0 amide bonds. The largest absolute Gasteiger partial charge is 0.317 e. The highest BCUT2D eigenvalue weighted by Gasteiger charge is 2.30. The number of rotatable bonds is 5. The number of piperidine rings is 1. The number of nitrogens with one attached hydrogen (secondary N) is 2. The highest BCUT2D eigenvalue weighted by atomic mass is 32.2. The van der Waals surface area contributed by atoms with E-state index < -0.39 is 15.7 Å². The first kappa shape index (κ1) is 15.9. The molecule has 18 heavy (non-hydrogen) atoms. The van der Waals surface area contributed by atoms with Crippen molar-refractivity contribution in [3.63, 3.8) is 0 Å². The van der Waals surface area contributed by atoms with Gasteiger partial charge in [-0.25, -0.2) is 0 Å². The lowest BCUT2D eigenvalue weighted by Gasteiger charge is -2.33. The number of hydrogen-bond acceptors (Lipinski definition) is 3. The van der Waals surface area contributed by atoms with Crippen molar-refractivity contribution in [1.82, 2.24) is 14.3 Å². The monoisotopic (exact) mass is 277 g/mol. The molecule has 1 aliphatic heterocycles. The molecule has 0 aromatic carbocycles. The second-order valence-corrected chi connectivity index (χ2v) is 7.68. The third-order valence-corrected chi connectivity index (χ3v) is 4.95. The van der Waals surface area contributed by atoms with Gasteiger partial charge in [-0.1, -0.05) is 6.92 Å². The second kappa shape index (κ2) is 6.32. The Bertz CT molecular complexity index is 341. The molecule has 1 saturated heterocycles. The van der Waals surface area contributed by atoms with Gasteiger partial charge < -0.3 is 5.32 Å². The Morgan fingerprint density at radius 3 is 2.22 bits per heavy atom. The molecule has 5 nitrogen and oxygen atoms in total. The zero-order chi connectivity index (χ0) is 13.8. The maximum absolute atomic E-state index is 12.1. The Morgan fingerprint density at radius 2 is 1.78 bits per heavy atom. The SMILES string of the molecule is CCNCC1CCN(S(=O)(=O)NC(C)(C)C)CC1. The van der Waals surface area contributed by atoms with E-state index in [0.29, 0.717) is 19.0 Å². The third-order valence-electron chi connectivity index (χ3n) is 3.03. The van der Waals surface area contributed by atoms with Crippen LogP contribution in [-0.2, 0) is 10.2 Å². The van der Waals surface area contributed by atoms with Gasteiger partial charge in [0, 0.05) is 18.6 Å². The summed E-state index contributed by atoms with van der Waals surface area (Å²) in [5.74, 6) is 0.603. The minimum absolute atomic E-state index is 0.417. The van der Waals surface area contributed by atoms with Crippen LogP contribution in [0.15, 0.2) is 0 Å². The Hall–Kier alpha value is -0.170. The highest BCUT2D eigenvalue weighted by molar-refractivity contribution is 7.87. The molecule has 1 aliphatic rings. The fourth-order valence-electron chi connectivity index (χ4n) is 2.15. The molecular formula is C12H27N3O2S. The first-order valence-corrected chi connectivity index (χ1v) is 8.18. The molecule has 0 aromatic rings. The van der Waals surface area contributed by atoms with E-state index in [1.807, 2.05) is 20.8 Å². The molecule has 0 aromatic heterocycles. The standard InChI is InChI=1S/C12H27N3O2S/c1-5-13-10-11-6-8-15(9-7-11)18(16,17)14-12(2,3)4/h11,13-14H,5-10H2,1-4H3. The van der Waals surface area contributed by atoms with Crippen LogP contribution in [0, 0.1) is 5.92 Å². The van der Waals surface area contributed by atoms with Crippen molar-refractivity contribution in [3.8, 4) is 0 Å². The second-order valence-electron chi connectivity index (χ2n) is 6.01. The zero-order valence-corrected chi connectivity index (χ0v) is 12.8. The lowest BCUT2D eigenvalue weighted by Crippen LogP contribution is -2.51. The fourth-order valence-corrected chi connectivity index (χ4v) is 3.75. The van der Waals surface area contributed by atoms with Crippen LogP contribution in [0.3, 0.4) is 0 Å². The van der Waals surface area contributed by atoms with Gasteiger partial charge in [-0.2, -0.15) is 17.4 Å². The molecule has 2 N–H and O–H groups in total. The summed E-state index contributed by atoms with van der Waals surface area (Å²) in [4.78, 5) is 0. The quantitative estimate of drug-likeness (QED) is 0.786. The predicted molar refractivity (Wildman–Crippen MR) is 74.6 cm³/mol.